The van der Waals surface area contributed by atoms with Crippen LogP contribution in [0.3, 0.4) is 0 Å². The van der Waals surface area contributed by atoms with Gasteiger partial charge in [0, 0.05) is 6.54 Å². The normalized spacial score (nSPS) is 12.2. The number of para-hydroxylation sites is 1. The Morgan fingerprint density at radius 1 is 1.33 bits per heavy atom. The first kappa shape index (κ1) is 15.2. The van der Waals surface area contributed by atoms with Crippen molar-refractivity contribution < 1.29 is 15.0 Å². The van der Waals surface area contributed by atoms with Crippen LogP contribution in [0.1, 0.15) is 0 Å². The first-order valence-electron chi connectivity index (χ1n) is 5.28. The summed E-state index contributed by atoms with van der Waals surface area (Å²) >= 11 is 11.8. The highest BCUT2D eigenvalue weighted by atomic mass is 35.5. The average molecular weight is 293 g/mol. The summed E-state index contributed by atoms with van der Waals surface area (Å²) in [7, 11) is 0. The first-order valence-corrected chi connectivity index (χ1v) is 6.03. The first-order chi connectivity index (χ1) is 8.54. The molecule has 0 fully saturated rings. The number of aliphatic hydroxyl groups is 2. The summed E-state index contributed by atoms with van der Waals surface area (Å²) in [5.74, 6) is -0.338. The highest BCUT2D eigenvalue weighted by Crippen LogP contribution is 2.29. The fraction of sp³-hybridized carbons (Fsp3) is 0.364. The number of rotatable bonds is 6. The van der Waals surface area contributed by atoms with Gasteiger partial charge in [-0.3, -0.25) is 4.79 Å². The number of hydrogen-bond acceptors (Lipinski definition) is 4. The summed E-state index contributed by atoms with van der Waals surface area (Å²) in [4.78, 5) is 11.6. The van der Waals surface area contributed by atoms with Crippen molar-refractivity contribution >= 4 is 34.8 Å². The Labute approximate surface area is 115 Å². The van der Waals surface area contributed by atoms with Gasteiger partial charge in [-0.15, -0.1) is 0 Å². The molecule has 1 aromatic rings. The molecule has 100 valence electrons. The lowest BCUT2D eigenvalue weighted by molar-refractivity contribution is -0.115. The van der Waals surface area contributed by atoms with Crippen LogP contribution >= 0.6 is 23.2 Å². The van der Waals surface area contributed by atoms with Crippen LogP contribution in [0.15, 0.2) is 18.2 Å². The molecule has 0 radical (unpaired) electrons. The molecule has 5 nitrogen and oxygen atoms in total. The van der Waals surface area contributed by atoms with E-state index in [4.69, 9.17) is 33.4 Å². The summed E-state index contributed by atoms with van der Waals surface area (Å²) < 4.78 is 0. The van der Waals surface area contributed by atoms with Gasteiger partial charge in [-0.2, -0.15) is 0 Å². The minimum atomic E-state index is -0.887. The van der Waals surface area contributed by atoms with Crippen molar-refractivity contribution in [2.45, 2.75) is 6.10 Å². The summed E-state index contributed by atoms with van der Waals surface area (Å²) in [6.45, 7) is -0.246. The number of aliphatic hydroxyl groups excluding tert-OH is 2. The summed E-state index contributed by atoms with van der Waals surface area (Å²) in [6, 6.07) is 4.91. The number of carbonyl (C=O) groups is 1. The smallest absolute Gasteiger partial charge is 0.238 e. The molecule has 1 atom stereocenters. The third-order valence-electron chi connectivity index (χ3n) is 2.10. The zero-order valence-electron chi connectivity index (χ0n) is 9.49. The molecule has 0 bridgehead atoms. The van der Waals surface area contributed by atoms with Crippen LogP contribution in [0, 0.1) is 0 Å². The van der Waals surface area contributed by atoms with E-state index in [0.29, 0.717) is 15.7 Å². The zero-order chi connectivity index (χ0) is 13.5. The fourth-order valence-corrected chi connectivity index (χ4v) is 1.71. The second-order valence-corrected chi connectivity index (χ2v) is 4.43. The molecule has 0 heterocycles. The molecule has 1 aromatic carbocycles. The Kier molecular flexibility index (Phi) is 6.38. The molecule has 1 unspecified atom stereocenters. The van der Waals surface area contributed by atoms with Crippen molar-refractivity contribution in [2.24, 2.45) is 0 Å². The van der Waals surface area contributed by atoms with Crippen LogP contribution in [0.2, 0.25) is 10.0 Å². The molecule has 4 N–H and O–H groups in total. The fourth-order valence-electron chi connectivity index (χ4n) is 1.22. The van der Waals surface area contributed by atoms with Crippen LogP contribution in [0.25, 0.3) is 0 Å². The molecule has 0 saturated carbocycles. The maximum absolute atomic E-state index is 11.6. The van der Waals surface area contributed by atoms with Crippen LogP contribution in [-0.2, 0) is 4.79 Å². The Bertz CT molecular complexity index is 395. The Balaban J connectivity index is 2.45. The van der Waals surface area contributed by atoms with Gasteiger partial charge in [-0.05, 0) is 12.1 Å². The largest absolute Gasteiger partial charge is 0.394 e. The number of benzene rings is 1. The van der Waals surface area contributed by atoms with E-state index in [1.165, 1.54) is 0 Å². The van der Waals surface area contributed by atoms with Crippen molar-refractivity contribution in [3.8, 4) is 0 Å². The molecular weight excluding hydrogens is 279 g/mol. The molecule has 7 heteroatoms. The van der Waals surface area contributed by atoms with E-state index in [9.17, 15) is 4.79 Å². The van der Waals surface area contributed by atoms with Crippen LogP contribution in [0.5, 0.6) is 0 Å². The third-order valence-corrected chi connectivity index (χ3v) is 2.73. The van der Waals surface area contributed by atoms with Gasteiger partial charge in [0.05, 0.1) is 35.0 Å². The van der Waals surface area contributed by atoms with Crippen LogP contribution in [-0.4, -0.2) is 41.9 Å². The highest BCUT2D eigenvalue weighted by Gasteiger charge is 2.09. The molecule has 18 heavy (non-hydrogen) atoms. The predicted octanol–water partition coefficient (Wildman–Crippen LogP) is 0.875. The molecule has 0 aliphatic carbocycles. The molecule has 0 spiro atoms. The molecule has 0 aromatic heterocycles. The topological polar surface area (TPSA) is 81.6 Å². The molecule has 0 aliphatic heterocycles. The Morgan fingerprint density at radius 2 is 1.94 bits per heavy atom. The van der Waals surface area contributed by atoms with Gasteiger partial charge in [0.25, 0.3) is 0 Å². The second kappa shape index (κ2) is 7.56. The third kappa shape index (κ3) is 4.80. The molecule has 0 saturated heterocycles. The lowest BCUT2D eigenvalue weighted by Gasteiger charge is -2.11. The number of halogens is 2. The van der Waals surface area contributed by atoms with Crippen LogP contribution < -0.4 is 10.6 Å². The van der Waals surface area contributed by atoms with Crippen molar-refractivity contribution in [2.75, 3.05) is 25.0 Å². The number of hydrogen-bond donors (Lipinski definition) is 4. The van der Waals surface area contributed by atoms with E-state index >= 15 is 0 Å². The molecular formula is C11H14Cl2N2O3. The maximum atomic E-state index is 11.6. The van der Waals surface area contributed by atoms with Gasteiger partial charge < -0.3 is 20.8 Å². The predicted molar refractivity (Wildman–Crippen MR) is 71.1 cm³/mol. The standard InChI is InChI=1S/C11H14Cl2N2O3/c12-8-2-1-3-9(13)11(8)15-10(18)5-14-4-7(17)6-16/h1-3,7,14,16-17H,4-6H2,(H,15,18). The van der Waals surface area contributed by atoms with E-state index in [1.54, 1.807) is 18.2 Å². The van der Waals surface area contributed by atoms with Gasteiger partial charge >= 0.3 is 0 Å². The summed E-state index contributed by atoms with van der Waals surface area (Å²) in [5, 5.41) is 23.6. The quantitative estimate of drug-likeness (QED) is 0.627. The minimum Gasteiger partial charge on any atom is -0.394 e. The zero-order valence-corrected chi connectivity index (χ0v) is 11.0. The average Bonchev–Trinajstić information content (AvgIpc) is 2.34. The van der Waals surface area contributed by atoms with E-state index in [2.05, 4.69) is 10.6 Å². The van der Waals surface area contributed by atoms with Gasteiger partial charge in [-0.1, -0.05) is 29.3 Å². The van der Waals surface area contributed by atoms with Crippen LogP contribution in [0.4, 0.5) is 5.69 Å². The van der Waals surface area contributed by atoms with E-state index < -0.39 is 6.10 Å². The second-order valence-electron chi connectivity index (χ2n) is 3.61. The number of nitrogens with one attached hydrogen (secondary N) is 2. The monoisotopic (exact) mass is 292 g/mol. The minimum absolute atomic E-state index is 0.0153. The highest BCUT2D eigenvalue weighted by molar-refractivity contribution is 6.39. The Hall–Kier alpha value is -0.850. The van der Waals surface area contributed by atoms with Gasteiger partial charge in [0.15, 0.2) is 0 Å². The molecule has 0 aliphatic rings. The van der Waals surface area contributed by atoms with Gasteiger partial charge in [-0.25, -0.2) is 0 Å². The number of carbonyl (C=O) groups excluding carboxylic acids is 1. The summed E-state index contributed by atoms with van der Waals surface area (Å²) in [5.41, 5.74) is 0.357. The molecule has 1 rings (SSSR count). The van der Waals surface area contributed by atoms with Gasteiger partial charge in [0.2, 0.25) is 5.91 Å². The lowest BCUT2D eigenvalue weighted by Crippen LogP contribution is -2.35. The summed E-state index contributed by atoms with van der Waals surface area (Å²) in [6.07, 6.45) is -0.887. The lowest BCUT2D eigenvalue weighted by atomic mass is 10.3. The maximum Gasteiger partial charge on any atom is 0.238 e. The van der Waals surface area contributed by atoms with Gasteiger partial charge in [0.1, 0.15) is 0 Å². The van der Waals surface area contributed by atoms with Crippen molar-refractivity contribution in [3.05, 3.63) is 28.2 Å². The molecule has 1 amide bonds. The Morgan fingerprint density at radius 3 is 2.50 bits per heavy atom. The van der Waals surface area contributed by atoms with E-state index in [1.807, 2.05) is 0 Å². The SMILES string of the molecule is O=C(CNCC(O)CO)Nc1c(Cl)cccc1Cl. The van der Waals surface area contributed by atoms with Crippen molar-refractivity contribution in [1.82, 2.24) is 5.32 Å². The van der Waals surface area contributed by atoms with Crippen molar-refractivity contribution in [3.63, 3.8) is 0 Å². The number of amides is 1. The van der Waals surface area contributed by atoms with E-state index in [-0.39, 0.29) is 25.6 Å². The van der Waals surface area contributed by atoms with Crippen molar-refractivity contribution in [1.29, 1.82) is 0 Å². The number of anilines is 1. The van der Waals surface area contributed by atoms with E-state index in [0.717, 1.165) is 0 Å².